The summed E-state index contributed by atoms with van der Waals surface area (Å²) in [5.41, 5.74) is 7.71. The summed E-state index contributed by atoms with van der Waals surface area (Å²) in [5, 5.41) is 8.94. The minimum absolute atomic E-state index is 0.434. The average molecular weight is 225 g/mol. The molecule has 1 aromatic carbocycles. The lowest BCUT2D eigenvalue weighted by molar-refractivity contribution is 0.475. The van der Waals surface area contributed by atoms with Crippen molar-refractivity contribution in [3.8, 4) is 17.6 Å². The van der Waals surface area contributed by atoms with E-state index in [-0.39, 0.29) is 0 Å². The Labute approximate surface area is 99.3 Å². The Kier molecular flexibility index (Phi) is 2.93. The topological polar surface area (TPSA) is 71.9 Å². The summed E-state index contributed by atoms with van der Waals surface area (Å²) in [4.78, 5) is 3.93. The van der Waals surface area contributed by atoms with E-state index >= 15 is 0 Å². The number of benzene rings is 1. The summed E-state index contributed by atoms with van der Waals surface area (Å²) < 4.78 is 5.65. The van der Waals surface area contributed by atoms with Gasteiger partial charge in [0.25, 0.3) is 0 Å². The van der Waals surface area contributed by atoms with Gasteiger partial charge < -0.3 is 10.5 Å². The summed E-state index contributed by atoms with van der Waals surface area (Å²) in [7, 11) is 0. The van der Waals surface area contributed by atoms with Crippen LogP contribution in [0.5, 0.6) is 11.5 Å². The molecule has 84 valence electrons. The largest absolute Gasteiger partial charge is 0.454 e. The van der Waals surface area contributed by atoms with Crippen molar-refractivity contribution in [3.63, 3.8) is 0 Å². The maximum absolute atomic E-state index is 8.94. The third kappa shape index (κ3) is 2.34. The van der Waals surface area contributed by atoms with Crippen molar-refractivity contribution >= 4 is 5.69 Å². The van der Waals surface area contributed by atoms with E-state index in [9.17, 15) is 0 Å². The molecule has 0 saturated heterocycles. The van der Waals surface area contributed by atoms with Crippen LogP contribution in [-0.4, -0.2) is 4.98 Å². The van der Waals surface area contributed by atoms with Crippen LogP contribution in [0.3, 0.4) is 0 Å². The van der Waals surface area contributed by atoms with Crippen molar-refractivity contribution in [1.82, 2.24) is 4.98 Å². The van der Waals surface area contributed by atoms with Crippen LogP contribution in [0.2, 0.25) is 0 Å². The van der Waals surface area contributed by atoms with Gasteiger partial charge in [-0.1, -0.05) is 6.07 Å². The summed E-state index contributed by atoms with van der Waals surface area (Å²) in [6.07, 6.45) is 3.07. The second kappa shape index (κ2) is 4.54. The number of nitrogens with zero attached hydrogens (tertiary/aromatic N) is 2. The molecule has 2 rings (SSSR count). The summed E-state index contributed by atoms with van der Waals surface area (Å²) >= 11 is 0. The van der Waals surface area contributed by atoms with Crippen LogP contribution < -0.4 is 10.5 Å². The van der Waals surface area contributed by atoms with E-state index in [4.69, 9.17) is 15.7 Å². The van der Waals surface area contributed by atoms with Gasteiger partial charge in [-0.05, 0) is 24.6 Å². The Morgan fingerprint density at radius 1 is 1.29 bits per heavy atom. The van der Waals surface area contributed by atoms with E-state index in [2.05, 4.69) is 11.1 Å². The smallest absolute Gasteiger partial charge is 0.163 e. The molecular formula is C13H11N3O. The van der Waals surface area contributed by atoms with Gasteiger partial charge in [0.2, 0.25) is 0 Å². The fraction of sp³-hybridized carbons (Fsp3) is 0.0769. The molecule has 0 aliphatic carbocycles. The molecule has 4 heteroatoms. The summed E-state index contributed by atoms with van der Waals surface area (Å²) in [5.74, 6) is 1.07. The van der Waals surface area contributed by atoms with Crippen molar-refractivity contribution in [1.29, 1.82) is 5.26 Å². The lowest BCUT2D eigenvalue weighted by atomic mass is 10.2. The Morgan fingerprint density at radius 3 is 2.88 bits per heavy atom. The van der Waals surface area contributed by atoms with E-state index in [0.29, 0.717) is 22.7 Å². The van der Waals surface area contributed by atoms with Crippen LogP contribution in [0.25, 0.3) is 0 Å². The molecule has 0 amide bonds. The number of hydrogen-bond donors (Lipinski definition) is 1. The predicted octanol–water partition coefficient (Wildman–Crippen LogP) is 2.64. The monoisotopic (exact) mass is 225 g/mol. The number of hydrogen-bond acceptors (Lipinski definition) is 4. The highest BCUT2D eigenvalue weighted by atomic mass is 16.5. The van der Waals surface area contributed by atoms with Gasteiger partial charge in [-0.3, -0.25) is 4.98 Å². The van der Waals surface area contributed by atoms with E-state index in [0.717, 1.165) is 5.56 Å². The zero-order valence-electron chi connectivity index (χ0n) is 9.34. The Bertz CT molecular complexity index is 587. The second-order valence-electron chi connectivity index (χ2n) is 3.61. The van der Waals surface area contributed by atoms with Gasteiger partial charge in [-0.15, -0.1) is 0 Å². The quantitative estimate of drug-likeness (QED) is 0.797. The number of pyridine rings is 1. The molecule has 0 aliphatic rings. The Balaban J connectivity index is 2.38. The maximum atomic E-state index is 8.94. The zero-order chi connectivity index (χ0) is 12.3. The SMILES string of the molecule is Cc1ccc(N)cc1Oc1cnccc1C#N. The maximum Gasteiger partial charge on any atom is 0.163 e. The first-order chi connectivity index (χ1) is 8.20. The molecule has 2 N–H and O–H groups in total. The van der Waals surface area contributed by atoms with Gasteiger partial charge in [-0.2, -0.15) is 5.26 Å². The van der Waals surface area contributed by atoms with Gasteiger partial charge in [0, 0.05) is 18.0 Å². The number of anilines is 1. The molecule has 0 fully saturated rings. The first kappa shape index (κ1) is 11.0. The molecule has 0 aliphatic heterocycles. The summed E-state index contributed by atoms with van der Waals surface area (Å²) in [6.45, 7) is 1.91. The number of nitriles is 1. The van der Waals surface area contributed by atoms with E-state index < -0.39 is 0 Å². The van der Waals surface area contributed by atoms with Gasteiger partial charge in [-0.25, -0.2) is 0 Å². The molecule has 1 heterocycles. The minimum atomic E-state index is 0.434. The zero-order valence-corrected chi connectivity index (χ0v) is 9.34. The third-order valence-corrected chi connectivity index (χ3v) is 2.34. The van der Waals surface area contributed by atoms with Crippen LogP contribution in [0.4, 0.5) is 5.69 Å². The highest BCUT2D eigenvalue weighted by Crippen LogP contribution is 2.28. The van der Waals surface area contributed by atoms with Crippen LogP contribution in [0.1, 0.15) is 11.1 Å². The standard InChI is InChI=1S/C13H11N3O/c1-9-2-3-11(15)6-12(9)17-13-8-16-5-4-10(13)7-14/h2-6,8H,15H2,1H3. The molecule has 0 saturated carbocycles. The predicted molar refractivity (Wildman–Crippen MR) is 64.6 cm³/mol. The van der Waals surface area contributed by atoms with Crippen LogP contribution in [-0.2, 0) is 0 Å². The molecule has 0 bridgehead atoms. The normalized spacial score (nSPS) is 9.65. The van der Waals surface area contributed by atoms with Crippen molar-refractivity contribution in [2.45, 2.75) is 6.92 Å². The number of nitrogens with two attached hydrogens (primary N) is 1. The Morgan fingerprint density at radius 2 is 2.12 bits per heavy atom. The lowest BCUT2D eigenvalue weighted by Gasteiger charge is -2.09. The van der Waals surface area contributed by atoms with Gasteiger partial charge in [0.15, 0.2) is 5.75 Å². The highest BCUT2D eigenvalue weighted by Gasteiger charge is 2.06. The Hall–Kier alpha value is -2.54. The molecule has 0 spiro atoms. The number of nitrogen functional groups attached to an aromatic ring is 1. The van der Waals surface area contributed by atoms with Crippen LogP contribution >= 0.6 is 0 Å². The molecule has 17 heavy (non-hydrogen) atoms. The number of ether oxygens (including phenoxy) is 1. The fourth-order valence-corrected chi connectivity index (χ4v) is 1.40. The number of aryl methyl sites for hydroxylation is 1. The van der Waals surface area contributed by atoms with Crippen molar-refractivity contribution in [2.75, 3.05) is 5.73 Å². The fourth-order valence-electron chi connectivity index (χ4n) is 1.40. The summed E-state index contributed by atoms with van der Waals surface area (Å²) in [6, 6.07) is 9.06. The van der Waals surface area contributed by atoms with E-state index in [1.165, 1.54) is 6.20 Å². The van der Waals surface area contributed by atoms with Crippen molar-refractivity contribution < 1.29 is 4.74 Å². The molecular weight excluding hydrogens is 214 g/mol. The first-order valence-electron chi connectivity index (χ1n) is 5.09. The highest BCUT2D eigenvalue weighted by molar-refractivity contribution is 5.51. The second-order valence-corrected chi connectivity index (χ2v) is 3.61. The van der Waals surface area contributed by atoms with Gasteiger partial charge in [0.1, 0.15) is 11.8 Å². The number of aromatic nitrogens is 1. The molecule has 1 aromatic heterocycles. The van der Waals surface area contributed by atoms with Crippen LogP contribution in [0.15, 0.2) is 36.7 Å². The average Bonchev–Trinajstić information content (AvgIpc) is 2.34. The molecule has 0 radical (unpaired) electrons. The minimum Gasteiger partial charge on any atom is -0.454 e. The van der Waals surface area contributed by atoms with E-state index in [1.807, 2.05) is 13.0 Å². The lowest BCUT2D eigenvalue weighted by Crippen LogP contribution is -1.93. The van der Waals surface area contributed by atoms with Crippen molar-refractivity contribution in [3.05, 3.63) is 47.8 Å². The molecule has 4 nitrogen and oxygen atoms in total. The molecule has 0 unspecified atom stereocenters. The molecule has 0 atom stereocenters. The van der Waals surface area contributed by atoms with E-state index in [1.54, 1.807) is 24.4 Å². The number of rotatable bonds is 2. The first-order valence-corrected chi connectivity index (χ1v) is 5.09. The van der Waals surface area contributed by atoms with Crippen LogP contribution in [0, 0.1) is 18.3 Å². The molecule has 2 aromatic rings. The third-order valence-electron chi connectivity index (χ3n) is 2.34. The van der Waals surface area contributed by atoms with Crippen molar-refractivity contribution in [2.24, 2.45) is 0 Å². The van der Waals surface area contributed by atoms with Gasteiger partial charge >= 0.3 is 0 Å². The van der Waals surface area contributed by atoms with Gasteiger partial charge in [0.05, 0.1) is 11.8 Å².